The van der Waals surface area contributed by atoms with E-state index in [0.29, 0.717) is 6.42 Å². The van der Waals surface area contributed by atoms with Crippen molar-refractivity contribution in [1.82, 2.24) is 0 Å². The van der Waals surface area contributed by atoms with Crippen LogP contribution >= 0.6 is 0 Å². The van der Waals surface area contributed by atoms with Gasteiger partial charge in [-0.2, -0.15) is 0 Å². The molecule has 0 aromatic heterocycles. The van der Waals surface area contributed by atoms with Crippen LogP contribution in [0.5, 0.6) is 0 Å². The zero-order valence-electron chi connectivity index (χ0n) is 6.99. The van der Waals surface area contributed by atoms with Crippen molar-refractivity contribution in [3.8, 4) is 0 Å². The van der Waals surface area contributed by atoms with Crippen molar-refractivity contribution >= 4 is 0 Å². The van der Waals surface area contributed by atoms with E-state index in [0.717, 1.165) is 6.42 Å². The predicted octanol–water partition coefficient (Wildman–Crippen LogP) is 3.27. The Labute approximate surface area is 65.8 Å². The Morgan fingerprint density at radius 3 is 2.09 bits per heavy atom. The maximum atomic E-state index is 12.0. The van der Waals surface area contributed by atoms with E-state index < -0.39 is 19.0 Å². The summed E-state index contributed by atoms with van der Waals surface area (Å²) in [5, 5.41) is 0. The van der Waals surface area contributed by atoms with Gasteiger partial charge in [0.2, 0.25) is 6.43 Å². The van der Waals surface area contributed by atoms with Crippen LogP contribution in [0.4, 0.5) is 13.2 Å². The summed E-state index contributed by atoms with van der Waals surface area (Å²) in [5.41, 5.74) is 0. The third kappa shape index (κ3) is 3.63. The van der Waals surface area contributed by atoms with E-state index in [2.05, 4.69) is 0 Å². The molecule has 0 heterocycles. The number of halogens is 3. The number of hydrogen-bond donors (Lipinski definition) is 0. The smallest absolute Gasteiger partial charge is 0.244 e. The van der Waals surface area contributed by atoms with Gasteiger partial charge >= 0.3 is 0 Å². The van der Waals surface area contributed by atoms with Crippen molar-refractivity contribution in [1.29, 1.82) is 0 Å². The van der Waals surface area contributed by atoms with Crippen LogP contribution in [0.1, 0.15) is 26.7 Å². The maximum Gasteiger partial charge on any atom is 0.244 e. The molecule has 0 N–H and O–H groups in total. The largest absolute Gasteiger partial charge is 0.251 e. The van der Waals surface area contributed by atoms with Crippen LogP contribution in [0, 0.1) is 11.8 Å². The minimum atomic E-state index is -2.51. The second-order valence-electron chi connectivity index (χ2n) is 2.92. The highest BCUT2D eigenvalue weighted by atomic mass is 19.3. The zero-order chi connectivity index (χ0) is 8.85. The standard InChI is InChI=1S/C8H15F3/c1-3-4-6(2)7(5-9)8(10)11/h6-8H,3-5H2,1-2H3. The van der Waals surface area contributed by atoms with E-state index in [9.17, 15) is 13.2 Å². The molecular weight excluding hydrogens is 153 g/mol. The normalized spacial score (nSPS) is 16.9. The molecule has 0 spiro atoms. The van der Waals surface area contributed by atoms with Gasteiger partial charge in [-0.1, -0.05) is 26.7 Å². The van der Waals surface area contributed by atoms with Gasteiger partial charge in [-0.05, 0) is 5.92 Å². The van der Waals surface area contributed by atoms with Crippen molar-refractivity contribution in [3.05, 3.63) is 0 Å². The van der Waals surface area contributed by atoms with Gasteiger partial charge in [-0.25, -0.2) is 8.78 Å². The number of hydrogen-bond acceptors (Lipinski definition) is 0. The first kappa shape index (κ1) is 10.8. The van der Waals surface area contributed by atoms with Crippen LogP contribution < -0.4 is 0 Å². The summed E-state index contributed by atoms with van der Waals surface area (Å²) < 4.78 is 36.1. The van der Waals surface area contributed by atoms with Crippen LogP contribution in [-0.2, 0) is 0 Å². The van der Waals surface area contributed by atoms with Gasteiger partial charge in [-0.15, -0.1) is 0 Å². The molecule has 0 saturated carbocycles. The first-order chi connectivity index (χ1) is 5.13. The van der Waals surface area contributed by atoms with Crippen molar-refractivity contribution < 1.29 is 13.2 Å². The lowest BCUT2D eigenvalue weighted by Gasteiger charge is -2.19. The quantitative estimate of drug-likeness (QED) is 0.591. The average Bonchev–Trinajstić information content (AvgIpc) is 1.88. The molecule has 0 amide bonds. The lowest BCUT2D eigenvalue weighted by Crippen LogP contribution is -2.21. The second kappa shape index (κ2) is 5.44. The number of alkyl halides is 3. The molecule has 0 saturated heterocycles. The molecule has 0 nitrogen and oxygen atoms in total. The predicted molar refractivity (Wildman–Crippen MR) is 39.5 cm³/mol. The molecule has 0 aliphatic rings. The van der Waals surface area contributed by atoms with Gasteiger partial charge in [0.25, 0.3) is 0 Å². The van der Waals surface area contributed by atoms with Gasteiger partial charge in [0.15, 0.2) is 0 Å². The summed E-state index contributed by atoms with van der Waals surface area (Å²) in [6.07, 6.45) is -0.995. The van der Waals surface area contributed by atoms with E-state index in [4.69, 9.17) is 0 Å². The summed E-state index contributed by atoms with van der Waals surface area (Å²) in [4.78, 5) is 0. The van der Waals surface area contributed by atoms with Crippen LogP contribution in [0.2, 0.25) is 0 Å². The second-order valence-corrected chi connectivity index (χ2v) is 2.92. The monoisotopic (exact) mass is 168 g/mol. The van der Waals surface area contributed by atoms with Crippen LogP contribution in [0.15, 0.2) is 0 Å². The average molecular weight is 168 g/mol. The van der Waals surface area contributed by atoms with E-state index in [1.54, 1.807) is 6.92 Å². The Kier molecular flexibility index (Phi) is 5.34. The molecule has 11 heavy (non-hydrogen) atoms. The minimum absolute atomic E-state index is 0.204. The van der Waals surface area contributed by atoms with Gasteiger partial charge in [-0.3, -0.25) is 4.39 Å². The molecule has 0 rings (SSSR count). The lowest BCUT2D eigenvalue weighted by atomic mass is 9.92. The zero-order valence-corrected chi connectivity index (χ0v) is 6.99. The summed E-state index contributed by atoms with van der Waals surface area (Å²) in [6, 6.07) is 0. The van der Waals surface area contributed by atoms with Gasteiger partial charge < -0.3 is 0 Å². The molecule has 2 unspecified atom stereocenters. The summed E-state index contributed by atoms with van der Waals surface area (Å²) in [5.74, 6) is -1.26. The Morgan fingerprint density at radius 1 is 1.27 bits per heavy atom. The Bertz CT molecular complexity index is 93.3. The van der Waals surface area contributed by atoms with Crippen LogP contribution in [0.25, 0.3) is 0 Å². The first-order valence-corrected chi connectivity index (χ1v) is 3.97. The summed E-state index contributed by atoms with van der Waals surface area (Å²) in [6.45, 7) is 2.69. The first-order valence-electron chi connectivity index (χ1n) is 3.97. The van der Waals surface area contributed by atoms with Gasteiger partial charge in [0, 0.05) is 0 Å². The van der Waals surface area contributed by atoms with Crippen molar-refractivity contribution in [2.45, 2.75) is 33.1 Å². The Morgan fingerprint density at radius 2 is 1.82 bits per heavy atom. The molecule has 0 radical (unpaired) electrons. The van der Waals surface area contributed by atoms with Crippen LogP contribution in [0.3, 0.4) is 0 Å². The van der Waals surface area contributed by atoms with E-state index in [1.807, 2.05) is 6.92 Å². The molecule has 2 atom stereocenters. The SMILES string of the molecule is CCCC(C)C(CF)C(F)F. The van der Waals surface area contributed by atoms with Gasteiger partial charge in [0.05, 0.1) is 12.6 Å². The molecular formula is C8H15F3. The minimum Gasteiger partial charge on any atom is -0.251 e. The number of rotatable bonds is 5. The van der Waals surface area contributed by atoms with Crippen LogP contribution in [-0.4, -0.2) is 13.1 Å². The molecule has 0 aromatic carbocycles. The van der Waals surface area contributed by atoms with Crippen molar-refractivity contribution in [2.75, 3.05) is 6.67 Å². The summed E-state index contributed by atoms with van der Waals surface area (Å²) in [7, 11) is 0. The van der Waals surface area contributed by atoms with E-state index in [1.165, 1.54) is 0 Å². The summed E-state index contributed by atoms with van der Waals surface area (Å²) >= 11 is 0. The maximum absolute atomic E-state index is 12.0. The molecule has 0 aliphatic carbocycles. The van der Waals surface area contributed by atoms with Crippen molar-refractivity contribution in [3.63, 3.8) is 0 Å². The van der Waals surface area contributed by atoms with E-state index in [-0.39, 0.29) is 5.92 Å². The topological polar surface area (TPSA) is 0 Å². The lowest BCUT2D eigenvalue weighted by molar-refractivity contribution is 0.0306. The van der Waals surface area contributed by atoms with Gasteiger partial charge in [0.1, 0.15) is 0 Å². The van der Waals surface area contributed by atoms with Crippen molar-refractivity contribution in [2.24, 2.45) is 11.8 Å². The third-order valence-electron chi connectivity index (χ3n) is 1.98. The third-order valence-corrected chi connectivity index (χ3v) is 1.98. The highest BCUT2D eigenvalue weighted by molar-refractivity contribution is 4.67. The molecule has 0 fully saturated rings. The molecule has 0 bridgehead atoms. The van der Waals surface area contributed by atoms with E-state index >= 15 is 0 Å². The highest BCUT2D eigenvalue weighted by Crippen LogP contribution is 2.23. The Hall–Kier alpha value is -0.210. The molecule has 3 heteroatoms. The molecule has 68 valence electrons. The highest BCUT2D eigenvalue weighted by Gasteiger charge is 2.25. The molecule has 0 aromatic rings. The molecule has 0 aliphatic heterocycles. The fourth-order valence-electron chi connectivity index (χ4n) is 1.14. The fourth-order valence-corrected chi connectivity index (χ4v) is 1.14. The Balaban J connectivity index is 3.81. The fraction of sp³-hybridized carbons (Fsp3) is 1.00.